The van der Waals surface area contributed by atoms with Crippen LogP contribution in [0.4, 0.5) is 31.1 Å². The van der Waals surface area contributed by atoms with Crippen LogP contribution >= 0.6 is 0 Å². The van der Waals surface area contributed by atoms with Crippen molar-refractivity contribution < 1.29 is 39.6 Å². The Labute approximate surface area is 176 Å². The highest BCUT2D eigenvalue weighted by Crippen LogP contribution is 2.42. The molecule has 1 heterocycles. The van der Waals surface area contributed by atoms with E-state index < -0.39 is 59.1 Å². The number of hydrogen-bond donors (Lipinski definition) is 1. The molecule has 0 spiro atoms. The van der Waals surface area contributed by atoms with E-state index in [2.05, 4.69) is 5.32 Å². The van der Waals surface area contributed by atoms with Gasteiger partial charge >= 0.3 is 18.4 Å². The Morgan fingerprint density at radius 1 is 1.19 bits per heavy atom. The number of nitrogens with zero attached hydrogens (tertiary/aromatic N) is 1. The number of nitrogens with one attached hydrogen (secondary N) is 1. The van der Waals surface area contributed by atoms with Gasteiger partial charge in [0.05, 0.1) is 24.4 Å². The lowest BCUT2D eigenvalue weighted by Crippen LogP contribution is -2.51. The Kier molecular flexibility index (Phi) is 7.66. The van der Waals surface area contributed by atoms with Gasteiger partial charge in [-0.1, -0.05) is 36.4 Å². The van der Waals surface area contributed by atoms with E-state index in [0.717, 1.165) is 11.2 Å². The van der Waals surface area contributed by atoms with Crippen molar-refractivity contribution in [3.8, 4) is 0 Å². The number of alkyl halides is 6. The van der Waals surface area contributed by atoms with Crippen LogP contribution in [0.2, 0.25) is 0 Å². The quantitative estimate of drug-likeness (QED) is 0.638. The molecular formula is C19H22F6N2O3S. The number of carbonyl (C=O) groups is 1. The zero-order valence-corrected chi connectivity index (χ0v) is 17.3. The number of benzene rings is 1. The van der Waals surface area contributed by atoms with Gasteiger partial charge in [-0.05, 0) is 18.4 Å². The highest BCUT2D eigenvalue weighted by atomic mass is 32.2. The van der Waals surface area contributed by atoms with Crippen LogP contribution in [-0.4, -0.2) is 50.5 Å². The van der Waals surface area contributed by atoms with Crippen LogP contribution < -0.4 is 5.32 Å². The second-order valence-electron chi connectivity index (χ2n) is 7.42. The van der Waals surface area contributed by atoms with Gasteiger partial charge in [-0.25, -0.2) is 13.2 Å². The number of likely N-dealkylation sites (tertiary alicyclic amines) is 1. The third-order valence-electron chi connectivity index (χ3n) is 4.83. The predicted octanol–water partition coefficient (Wildman–Crippen LogP) is 4.59. The zero-order valence-electron chi connectivity index (χ0n) is 16.4. The maximum Gasteiger partial charge on any atom is 0.391 e. The summed E-state index contributed by atoms with van der Waals surface area (Å²) in [5.74, 6) is -1.65. The molecule has 0 saturated carbocycles. The lowest BCUT2D eigenvalue weighted by molar-refractivity contribution is -0.188. The summed E-state index contributed by atoms with van der Waals surface area (Å²) in [6.07, 6.45) is -10.0. The number of urea groups is 1. The highest BCUT2D eigenvalue weighted by Gasteiger charge is 2.46. The van der Waals surface area contributed by atoms with E-state index in [1.54, 1.807) is 30.3 Å². The van der Waals surface area contributed by atoms with Crippen LogP contribution in [0.25, 0.3) is 0 Å². The molecule has 5 nitrogen and oxygen atoms in total. The van der Waals surface area contributed by atoms with Crippen molar-refractivity contribution in [1.82, 2.24) is 10.2 Å². The van der Waals surface area contributed by atoms with E-state index >= 15 is 0 Å². The fourth-order valence-electron chi connectivity index (χ4n) is 3.39. The molecule has 1 saturated heterocycles. The van der Waals surface area contributed by atoms with E-state index in [-0.39, 0.29) is 13.0 Å². The largest absolute Gasteiger partial charge is 0.391 e. The molecule has 3 atom stereocenters. The monoisotopic (exact) mass is 472 g/mol. The van der Waals surface area contributed by atoms with E-state index in [1.165, 1.54) is 0 Å². The molecule has 0 aromatic heterocycles. The fraction of sp³-hybridized carbons (Fsp3) is 0.526. The van der Waals surface area contributed by atoms with Crippen molar-refractivity contribution >= 4 is 15.9 Å². The first-order chi connectivity index (χ1) is 14.2. The van der Waals surface area contributed by atoms with E-state index in [4.69, 9.17) is 0 Å². The van der Waals surface area contributed by atoms with Crippen molar-refractivity contribution in [2.24, 2.45) is 5.92 Å². The van der Waals surface area contributed by atoms with E-state index in [9.17, 15) is 39.6 Å². The third-order valence-corrected chi connectivity index (χ3v) is 5.48. The summed E-state index contributed by atoms with van der Waals surface area (Å²) in [6.45, 7) is -0.315. The van der Waals surface area contributed by atoms with Crippen LogP contribution in [0.5, 0.6) is 0 Å². The molecule has 1 aliphatic rings. The summed E-state index contributed by atoms with van der Waals surface area (Å²) in [7, 11) is -3.75. The Morgan fingerprint density at radius 3 is 2.32 bits per heavy atom. The van der Waals surface area contributed by atoms with Gasteiger partial charge in [0.15, 0.2) is 9.84 Å². The topological polar surface area (TPSA) is 66.5 Å². The molecule has 2 rings (SSSR count). The molecule has 2 amide bonds. The molecule has 174 valence electrons. The minimum absolute atomic E-state index is 0.315. The molecule has 0 bridgehead atoms. The molecule has 31 heavy (non-hydrogen) atoms. The van der Waals surface area contributed by atoms with Gasteiger partial charge in [0.25, 0.3) is 0 Å². The van der Waals surface area contributed by atoms with E-state index in [1.807, 2.05) is 0 Å². The molecule has 0 radical (unpaired) electrons. The van der Waals surface area contributed by atoms with Crippen LogP contribution in [0.15, 0.2) is 41.8 Å². The van der Waals surface area contributed by atoms with Crippen molar-refractivity contribution in [2.45, 2.75) is 43.7 Å². The normalized spacial score (nSPS) is 21.8. The maximum absolute atomic E-state index is 13.3. The van der Waals surface area contributed by atoms with Gasteiger partial charge < -0.3 is 10.2 Å². The number of rotatable bonds is 5. The first kappa shape index (κ1) is 25.0. The number of hydrogen-bond acceptors (Lipinski definition) is 3. The van der Waals surface area contributed by atoms with E-state index in [0.29, 0.717) is 17.0 Å². The molecular weight excluding hydrogens is 450 g/mol. The second-order valence-corrected chi connectivity index (χ2v) is 9.35. The SMILES string of the molecule is CS(=O)(=O)/C=C/C(CC(F)(F)F)NC(=O)N1CC[C@H](C(F)(F)F)C[C@@H]1c1ccccc1. The molecule has 1 aromatic rings. The van der Waals surface area contributed by atoms with Gasteiger partial charge in [0.2, 0.25) is 0 Å². The summed E-state index contributed by atoms with van der Waals surface area (Å²) in [4.78, 5) is 13.8. The summed E-state index contributed by atoms with van der Waals surface area (Å²) in [5.41, 5.74) is 0.422. The van der Waals surface area contributed by atoms with Gasteiger partial charge in [0, 0.05) is 18.2 Å². The molecule has 1 N–H and O–H groups in total. The van der Waals surface area contributed by atoms with Crippen LogP contribution in [0.3, 0.4) is 0 Å². The molecule has 12 heteroatoms. The minimum atomic E-state index is -4.71. The maximum atomic E-state index is 13.3. The smallest absolute Gasteiger partial charge is 0.331 e. The van der Waals surface area contributed by atoms with Gasteiger partial charge in [-0.3, -0.25) is 0 Å². The van der Waals surface area contributed by atoms with Crippen LogP contribution in [0.1, 0.15) is 30.9 Å². The standard InChI is InChI=1S/C19H22F6N2O3S/c1-31(29,30)10-8-15(12-18(20,21)22)26-17(28)27-9-7-14(19(23,24)25)11-16(27)13-5-3-2-4-6-13/h2-6,8,10,14-16H,7,9,11-12H2,1H3,(H,26,28)/b10-8+/t14-,15?,16+/m0/s1. The number of piperidine rings is 1. The van der Waals surface area contributed by atoms with Crippen molar-refractivity contribution in [1.29, 1.82) is 0 Å². The Morgan fingerprint density at radius 2 is 1.81 bits per heavy atom. The Bertz CT molecular complexity index is 884. The summed E-state index contributed by atoms with van der Waals surface area (Å²) in [5, 5.41) is 2.65. The average Bonchev–Trinajstić information content (AvgIpc) is 2.64. The van der Waals surface area contributed by atoms with Gasteiger partial charge in [-0.2, -0.15) is 26.3 Å². The Hall–Kier alpha value is -2.24. The Balaban J connectivity index is 2.27. The first-order valence-corrected chi connectivity index (χ1v) is 11.2. The molecule has 1 fully saturated rings. The van der Waals surface area contributed by atoms with Crippen molar-refractivity contribution in [2.75, 3.05) is 12.8 Å². The number of carbonyl (C=O) groups excluding carboxylic acids is 1. The average molecular weight is 472 g/mol. The molecule has 1 aliphatic heterocycles. The second kappa shape index (κ2) is 9.49. The number of halogens is 6. The summed E-state index contributed by atoms with van der Waals surface area (Å²) >= 11 is 0. The molecule has 0 aliphatic carbocycles. The number of amides is 2. The zero-order chi connectivity index (χ0) is 23.4. The van der Waals surface area contributed by atoms with Gasteiger partial charge in [0.1, 0.15) is 0 Å². The minimum Gasteiger partial charge on any atom is -0.331 e. The lowest BCUT2D eigenvalue weighted by atomic mass is 9.87. The highest BCUT2D eigenvalue weighted by molar-refractivity contribution is 7.93. The third kappa shape index (κ3) is 8.08. The van der Waals surface area contributed by atoms with Crippen molar-refractivity contribution in [3.05, 3.63) is 47.4 Å². The van der Waals surface area contributed by atoms with Crippen LogP contribution in [-0.2, 0) is 9.84 Å². The number of sulfone groups is 1. The van der Waals surface area contributed by atoms with Crippen LogP contribution in [0, 0.1) is 5.92 Å². The summed E-state index contributed by atoms with van der Waals surface area (Å²) in [6, 6.07) is 4.22. The molecule has 1 unspecified atom stereocenters. The van der Waals surface area contributed by atoms with Crippen molar-refractivity contribution in [3.63, 3.8) is 0 Å². The predicted molar refractivity (Wildman–Crippen MR) is 102 cm³/mol. The summed E-state index contributed by atoms with van der Waals surface area (Å²) < 4.78 is 101. The van der Waals surface area contributed by atoms with Gasteiger partial charge in [-0.15, -0.1) is 0 Å². The fourth-order valence-corrected chi connectivity index (χ4v) is 3.87. The lowest BCUT2D eigenvalue weighted by Gasteiger charge is -2.40. The molecule has 1 aromatic carbocycles. The first-order valence-electron chi connectivity index (χ1n) is 9.29.